The Morgan fingerprint density at radius 1 is 1.19 bits per heavy atom. The lowest BCUT2D eigenvalue weighted by molar-refractivity contribution is 0.0752. The number of methoxy groups -OCH3 is 1. The number of hydrogen-bond donors (Lipinski definition) is 0. The van der Waals surface area contributed by atoms with Crippen molar-refractivity contribution in [3.05, 3.63) is 68.9 Å². The highest BCUT2D eigenvalue weighted by atomic mass is 35.5. The molecule has 0 saturated heterocycles. The van der Waals surface area contributed by atoms with Gasteiger partial charge in [0.2, 0.25) is 6.79 Å². The molecule has 2 heterocycles. The van der Waals surface area contributed by atoms with Crippen LogP contribution in [0, 0.1) is 0 Å². The number of amides is 1. The van der Waals surface area contributed by atoms with Gasteiger partial charge < -0.3 is 23.8 Å². The second kappa shape index (κ2) is 9.49. The van der Waals surface area contributed by atoms with Crippen molar-refractivity contribution in [2.45, 2.75) is 20.1 Å². The van der Waals surface area contributed by atoms with E-state index >= 15 is 0 Å². The molecular formula is C23H22ClNO5S. The maximum atomic E-state index is 13.1. The first-order chi connectivity index (χ1) is 15.1. The SMILES string of the molecule is CCN(Cc1ccc(OCc2cccs2)c(OC)c1)C(=O)c1cc(Cl)c2c(c1)OCO2. The summed E-state index contributed by atoms with van der Waals surface area (Å²) in [5, 5.41) is 2.38. The maximum Gasteiger partial charge on any atom is 0.254 e. The van der Waals surface area contributed by atoms with Crippen LogP contribution in [0.2, 0.25) is 5.02 Å². The number of rotatable bonds is 8. The first-order valence-electron chi connectivity index (χ1n) is 9.79. The Labute approximate surface area is 189 Å². The molecule has 0 bridgehead atoms. The minimum atomic E-state index is -0.139. The average Bonchev–Trinajstić information content (AvgIpc) is 3.48. The summed E-state index contributed by atoms with van der Waals surface area (Å²) in [5.41, 5.74) is 1.39. The highest BCUT2D eigenvalue weighted by Gasteiger charge is 2.23. The molecule has 1 aromatic heterocycles. The van der Waals surface area contributed by atoms with Crippen LogP contribution in [0.25, 0.3) is 0 Å². The predicted octanol–water partition coefficient (Wildman–Crippen LogP) is 5.38. The standard InChI is InChI=1S/C23H22ClNO5S/c1-3-25(23(26)16-10-18(24)22-21(11-16)29-14-30-22)12-15-6-7-19(20(9-15)27-2)28-13-17-5-4-8-31-17/h4-11H,3,12-14H2,1-2H3. The fraction of sp³-hybridized carbons (Fsp3) is 0.261. The summed E-state index contributed by atoms with van der Waals surface area (Å²) < 4.78 is 22.1. The third-order valence-corrected chi connectivity index (χ3v) is 6.03. The molecule has 0 aliphatic carbocycles. The Morgan fingerprint density at radius 2 is 2.06 bits per heavy atom. The zero-order valence-corrected chi connectivity index (χ0v) is 18.8. The smallest absolute Gasteiger partial charge is 0.254 e. The molecule has 0 saturated carbocycles. The van der Waals surface area contributed by atoms with Gasteiger partial charge in [0.1, 0.15) is 6.61 Å². The van der Waals surface area contributed by atoms with E-state index in [0.29, 0.717) is 53.3 Å². The van der Waals surface area contributed by atoms with Gasteiger partial charge in [-0.1, -0.05) is 23.7 Å². The lowest BCUT2D eigenvalue weighted by Gasteiger charge is -2.22. The van der Waals surface area contributed by atoms with E-state index in [1.54, 1.807) is 35.5 Å². The number of carbonyl (C=O) groups excluding carboxylic acids is 1. The summed E-state index contributed by atoms with van der Waals surface area (Å²) in [7, 11) is 1.61. The van der Waals surface area contributed by atoms with Crippen LogP contribution in [0.1, 0.15) is 27.7 Å². The fourth-order valence-electron chi connectivity index (χ4n) is 3.29. The molecule has 0 spiro atoms. The van der Waals surface area contributed by atoms with Gasteiger partial charge >= 0.3 is 0 Å². The maximum absolute atomic E-state index is 13.1. The van der Waals surface area contributed by atoms with Crippen molar-refractivity contribution in [1.82, 2.24) is 4.90 Å². The molecule has 0 N–H and O–H groups in total. The Bertz CT molecular complexity index is 1070. The van der Waals surface area contributed by atoms with Gasteiger partial charge in [0.15, 0.2) is 23.0 Å². The molecule has 0 fully saturated rings. The van der Waals surface area contributed by atoms with Crippen molar-refractivity contribution >= 4 is 28.8 Å². The number of nitrogens with zero attached hydrogens (tertiary/aromatic N) is 1. The number of carbonyl (C=O) groups is 1. The van der Waals surface area contributed by atoms with E-state index in [1.165, 1.54) is 0 Å². The second-order valence-corrected chi connectivity index (χ2v) is 8.30. The van der Waals surface area contributed by atoms with Crippen LogP contribution in [0.5, 0.6) is 23.0 Å². The number of benzene rings is 2. The highest BCUT2D eigenvalue weighted by Crippen LogP contribution is 2.40. The molecule has 3 aromatic rings. The van der Waals surface area contributed by atoms with E-state index in [1.807, 2.05) is 42.6 Å². The lowest BCUT2D eigenvalue weighted by atomic mass is 10.1. The third-order valence-electron chi connectivity index (χ3n) is 4.89. The number of fused-ring (bicyclic) bond motifs is 1. The zero-order chi connectivity index (χ0) is 21.8. The summed E-state index contributed by atoms with van der Waals surface area (Å²) in [4.78, 5) is 16.0. The van der Waals surface area contributed by atoms with Crippen LogP contribution in [-0.4, -0.2) is 31.3 Å². The van der Waals surface area contributed by atoms with E-state index in [-0.39, 0.29) is 12.7 Å². The van der Waals surface area contributed by atoms with Gasteiger partial charge in [-0.05, 0) is 48.2 Å². The quantitative estimate of drug-likeness (QED) is 0.452. The first-order valence-corrected chi connectivity index (χ1v) is 11.0. The van der Waals surface area contributed by atoms with Crippen molar-refractivity contribution in [1.29, 1.82) is 0 Å². The summed E-state index contributed by atoms with van der Waals surface area (Å²) in [5.74, 6) is 2.12. The molecule has 8 heteroatoms. The zero-order valence-electron chi connectivity index (χ0n) is 17.2. The van der Waals surface area contributed by atoms with Crippen molar-refractivity contribution in [3.63, 3.8) is 0 Å². The van der Waals surface area contributed by atoms with Crippen LogP contribution in [0.4, 0.5) is 0 Å². The summed E-state index contributed by atoms with van der Waals surface area (Å²) in [6, 6.07) is 13.0. The van der Waals surface area contributed by atoms with Crippen LogP contribution < -0.4 is 18.9 Å². The van der Waals surface area contributed by atoms with E-state index in [2.05, 4.69) is 0 Å². The summed E-state index contributed by atoms with van der Waals surface area (Å²) in [6.45, 7) is 3.47. The molecule has 2 aromatic carbocycles. The van der Waals surface area contributed by atoms with Crippen molar-refractivity contribution in [2.24, 2.45) is 0 Å². The van der Waals surface area contributed by atoms with Crippen LogP contribution >= 0.6 is 22.9 Å². The minimum Gasteiger partial charge on any atom is -0.493 e. The van der Waals surface area contributed by atoms with E-state index < -0.39 is 0 Å². The molecule has 4 rings (SSSR count). The Hall–Kier alpha value is -2.90. The highest BCUT2D eigenvalue weighted by molar-refractivity contribution is 7.09. The van der Waals surface area contributed by atoms with E-state index in [9.17, 15) is 4.79 Å². The Balaban J connectivity index is 1.49. The largest absolute Gasteiger partial charge is 0.493 e. The lowest BCUT2D eigenvalue weighted by Crippen LogP contribution is -2.30. The first kappa shape index (κ1) is 21.3. The molecule has 6 nitrogen and oxygen atoms in total. The summed E-state index contributed by atoms with van der Waals surface area (Å²) in [6.07, 6.45) is 0. The Morgan fingerprint density at radius 3 is 2.81 bits per heavy atom. The van der Waals surface area contributed by atoms with Crippen LogP contribution in [0.15, 0.2) is 47.8 Å². The predicted molar refractivity (Wildman–Crippen MR) is 120 cm³/mol. The third kappa shape index (κ3) is 4.73. The average molecular weight is 460 g/mol. The van der Waals surface area contributed by atoms with E-state index in [0.717, 1.165) is 10.4 Å². The van der Waals surface area contributed by atoms with Crippen molar-refractivity contribution < 1.29 is 23.7 Å². The molecule has 0 unspecified atom stereocenters. The number of thiophene rings is 1. The summed E-state index contributed by atoms with van der Waals surface area (Å²) >= 11 is 7.89. The van der Waals surface area contributed by atoms with Crippen LogP contribution in [-0.2, 0) is 13.2 Å². The van der Waals surface area contributed by atoms with Gasteiger partial charge in [0.05, 0.1) is 12.1 Å². The fourth-order valence-corrected chi connectivity index (χ4v) is 4.18. The van der Waals surface area contributed by atoms with E-state index in [4.69, 9.17) is 30.5 Å². The van der Waals surface area contributed by atoms with Gasteiger partial charge in [0.25, 0.3) is 5.91 Å². The van der Waals surface area contributed by atoms with Crippen molar-refractivity contribution in [2.75, 3.05) is 20.4 Å². The molecule has 0 radical (unpaired) electrons. The minimum absolute atomic E-state index is 0.102. The van der Waals surface area contributed by atoms with Crippen LogP contribution in [0.3, 0.4) is 0 Å². The number of ether oxygens (including phenoxy) is 4. The molecular weight excluding hydrogens is 438 g/mol. The molecule has 162 valence electrons. The number of halogens is 1. The van der Waals surface area contributed by atoms with Gasteiger partial charge in [-0.2, -0.15) is 0 Å². The molecule has 31 heavy (non-hydrogen) atoms. The number of hydrogen-bond acceptors (Lipinski definition) is 6. The molecule has 1 aliphatic heterocycles. The van der Waals surface area contributed by atoms with Gasteiger partial charge in [-0.3, -0.25) is 4.79 Å². The Kier molecular flexibility index (Phi) is 6.53. The molecule has 1 amide bonds. The monoisotopic (exact) mass is 459 g/mol. The van der Waals surface area contributed by atoms with Crippen molar-refractivity contribution in [3.8, 4) is 23.0 Å². The molecule has 0 atom stereocenters. The topological polar surface area (TPSA) is 57.2 Å². The molecule has 1 aliphatic rings. The van der Waals surface area contributed by atoms with Gasteiger partial charge in [-0.25, -0.2) is 0 Å². The van der Waals surface area contributed by atoms with Gasteiger partial charge in [0, 0.05) is 23.5 Å². The van der Waals surface area contributed by atoms with Gasteiger partial charge in [-0.15, -0.1) is 11.3 Å². The second-order valence-electron chi connectivity index (χ2n) is 6.86. The normalized spacial score (nSPS) is 12.0.